The summed E-state index contributed by atoms with van der Waals surface area (Å²) in [6.07, 6.45) is 10.4. The van der Waals surface area contributed by atoms with E-state index in [0.29, 0.717) is 12.2 Å². The summed E-state index contributed by atoms with van der Waals surface area (Å²) >= 11 is 0. The van der Waals surface area contributed by atoms with Gasteiger partial charge >= 0.3 is 0 Å². The Morgan fingerprint density at radius 3 is 1.80 bits per heavy atom. The molecule has 0 aromatic heterocycles. The third kappa shape index (κ3) is 2.54. The maximum atomic E-state index is 6.10. The lowest BCUT2D eigenvalue weighted by molar-refractivity contribution is -0.217. The molecule has 2 nitrogen and oxygen atoms in total. The quantitative estimate of drug-likeness (QED) is 0.708. The molecule has 0 aromatic carbocycles. The van der Waals surface area contributed by atoms with Crippen molar-refractivity contribution in [3.05, 3.63) is 0 Å². The molecule has 3 atom stereocenters. The molecule has 0 radical (unpaired) electrons. The highest BCUT2D eigenvalue weighted by molar-refractivity contribution is 4.87. The minimum atomic E-state index is -0.167. The molecule has 0 N–H and O–H groups in total. The molecule has 0 aromatic rings. The van der Waals surface area contributed by atoms with E-state index in [-0.39, 0.29) is 5.79 Å². The van der Waals surface area contributed by atoms with Crippen molar-refractivity contribution in [2.24, 2.45) is 0 Å². The zero-order chi connectivity index (χ0) is 10.7. The smallest absolute Gasteiger partial charge is 0.169 e. The van der Waals surface area contributed by atoms with Crippen LogP contribution in [0.15, 0.2) is 0 Å². The zero-order valence-corrected chi connectivity index (χ0v) is 10.1. The molecule has 2 aliphatic rings. The Labute approximate surface area is 93.3 Å². The van der Waals surface area contributed by atoms with Crippen molar-refractivity contribution in [1.29, 1.82) is 0 Å². The minimum absolute atomic E-state index is 0.167. The summed E-state index contributed by atoms with van der Waals surface area (Å²) < 4.78 is 12.2. The Balaban J connectivity index is 1.83. The Bertz CT molecular complexity index is 181. The van der Waals surface area contributed by atoms with Gasteiger partial charge in [-0.3, -0.25) is 0 Å². The van der Waals surface area contributed by atoms with Crippen LogP contribution >= 0.6 is 0 Å². The third-order valence-electron chi connectivity index (χ3n) is 3.68. The van der Waals surface area contributed by atoms with E-state index in [0.717, 1.165) is 12.8 Å². The monoisotopic (exact) mass is 212 g/mol. The molecular weight excluding hydrogens is 188 g/mol. The maximum absolute atomic E-state index is 6.10. The fraction of sp³-hybridized carbons (Fsp3) is 1.00. The summed E-state index contributed by atoms with van der Waals surface area (Å²) in [7, 11) is 0. The lowest BCUT2D eigenvalue weighted by atomic mass is 10.1. The molecule has 2 fully saturated rings. The predicted octanol–water partition coefficient (Wildman–Crippen LogP) is 3.64. The van der Waals surface area contributed by atoms with Gasteiger partial charge in [0.25, 0.3) is 0 Å². The zero-order valence-electron chi connectivity index (χ0n) is 10.1. The summed E-state index contributed by atoms with van der Waals surface area (Å²) in [5, 5.41) is 0. The van der Waals surface area contributed by atoms with Crippen LogP contribution in [0.25, 0.3) is 0 Å². The van der Waals surface area contributed by atoms with Crippen molar-refractivity contribution in [2.45, 2.75) is 83.2 Å². The van der Waals surface area contributed by atoms with E-state index in [1.807, 2.05) is 0 Å². The van der Waals surface area contributed by atoms with Gasteiger partial charge in [-0.15, -0.1) is 0 Å². The van der Waals surface area contributed by atoms with E-state index in [4.69, 9.17) is 9.47 Å². The summed E-state index contributed by atoms with van der Waals surface area (Å²) in [5.74, 6) is -0.167. The first-order valence-electron chi connectivity index (χ1n) is 6.63. The Morgan fingerprint density at radius 2 is 1.40 bits per heavy atom. The van der Waals surface area contributed by atoms with Gasteiger partial charge in [-0.25, -0.2) is 0 Å². The van der Waals surface area contributed by atoms with E-state index in [2.05, 4.69) is 13.8 Å². The molecule has 0 aliphatic carbocycles. The molecule has 2 heterocycles. The SMILES string of the molecule is CCC[C@@H]1CCC2(CC[C@H](CCC)O2)O1. The highest BCUT2D eigenvalue weighted by Crippen LogP contribution is 2.43. The fourth-order valence-electron chi connectivity index (χ4n) is 2.93. The average Bonchev–Trinajstić information content (AvgIpc) is 2.77. The lowest BCUT2D eigenvalue weighted by Crippen LogP contribution is -2.29. The van der Waals surface area contributed by atoms with Crippen LogP contribution in [0.3, 0.4) is 0 Å². The van der Waals surface area contributed by atoms with Gasteiger partial charge in [0, 0.05) is 12.8 Å². The predicted molar refractivity (Wildman–Crippen MR) is 60.8 cm³/mol. The van der Waals surface area contributed by atoms with Crippen LogP contribution in [0.2, 0.25) is 0 Å². The first kappa shape index (κ1) is 11.4. The highest BCUT2D eigenvalue weighted by Gasteiger charge is 2.46. The van der Waals surface area contributed by atoms with Crippen molar-refractivity contribution in [3.63, 3.8) is 0 Å². The molecule has 0 bridgehead atoms. The van der Waals surface area contributed by atoms with Crippen LogP contribution in [0.5, 0.6) is 0 Å². The van der Waals surface area contributed by atoms with E-state index in [1.165, 1.54) is 38.5 Å². The topological polar surface area (TPSA) is 18.5 Å². The molecule has 0 saturated carbocycles. The first-order chi connectivity index (χ1) is 7.28. The summed E-state index contributed by atoms with van der Waals surface area (Å²) in [6.45, 7) is 4.45. The lowest BCUT2D eigenvalue weighted by Gasteiger charge is -2.24. The van der Waals surface area contributed by atoms with Crippen LogP contribution in [-0.4, -0.2) is 18.0 Å². The standard InChI is InChI=1S/C13H24O2/c1-3-5-11-7-9-13(14-11)10-8-12(15-13)6-4-2/h11-12H,3-10H2,1-2H3/t11-,12+,13?. The maximum Gasteiger partial charge on any atom is 0.169 e. The largest absolute Gasteiger partial charge is 0.347 e. The van der Waals surface area contributed by atoms with Gasteiger partial charge in [0.2, 0.25) is 0 Å². The van der Waals surface area contributed by atoms with Gasteiger partial charge in [-0.05, 0) is 25.7 Å². The van der Waals surface area contributed by atoms with Crippen molar-refractivity contribution < 1.29 is 9.47 Å². The van der Waals surface area contributed by atoms with E-state index in [1.54, 1.807) is 0 Å². The summed E-state index contributed by atoms with van der Waals surface area (Å²) in [6, 6.07) is 0. The van der Waals surface area contributed by atoms with Gasteiger partial charge in [-0.2, -0.15) is 0 Å². The van der Waals surface area contributed by atoms with Crippen molar-refractivity contribution in [1.82, 2.24) is 0 Å². The van der Waals surface area contributed by atoms with Crippen LogP contribution in [0.4, 0.5) is 0 Å². The van der Waals surface area contributed by atoms with E-state index >= 15 is 0 Å². The molecule has 2 saturated heterocycles. The highest BCUT2D eigenvalue weighted by atomic mass is 16.7. The van der Waals surface area contributed by atoms with Crippen LogP contribution < -0.4 is 0 Å². The molecule has 2 heteroatoms. The van der Waals surface area contributed by atoms with Gasteiger partial charge in [0.05, 0.1) is 12.2 Å². The molecule has 88 valence electrons. The Kier molecular flexibility index (Phi) is 3.68. The van der Waals surface area contributed by atoms with Gasteiger partial charge in [0.1, 0.15) is 0 Å². The molecule has 0 amide bonds. The van der Waals surface area contributed by atoms with Crippen molar-refractivity contribution in [2.75, 3.05) is 0 Å². The Morgan fingerprint density at radius 1 is 0.933 bits per heavy atom. The normalized spacial score (nSPS) is 40.4. The van der Waals surface area contributed by atoms with Crippen LogP contribution in [-0.2, 0) is 9.47 Å². The molecule has 2 aliphatic heterocycles. The first-order valence-corrected chi connectivity index (χ1v) is 6.63. The fourth-order valence-corrected chi connectivity index (χ4v) is 2.93. The van der Waals surface area contributed by atoms with Crippen molar-refractivity contribution in [3.8, 4) is 0 Å². The number of hydrogen-bond acceptors (Lipinski definition) is 2. The van der Waals surface area contributed by atoms with Crippen LogP contribution in [0.1, 0.15) is 65.2 Å². The van der Waals surface area contributed by atoms with E-state index < -0.39 is 0 Å². The minimum Gasteiger partial charge on any atom is -0.347 e. The Hall–Kier alpha value is -0.0800. The van der Waals surface area contributed by atoms with Gasteiger partial charge < -0.3 is 9.47 Å². The molecule has 15 heavy (non-hydrogen) atoms. The second-order valence-electron chi connectivity index (χ2n) is 5.05. The van der Waals surface area contributed by atoms with Gasteiger partial charge in [0.15, 0.2) is 5.79 Å². The molecule has 2 rings (SSSR count). The van der Waals surface area contributed by atoms with Crippen LogP contribution in [0, 0.1) is 0 Å². The van der Waals surface area contributed by atoms with Crippen molar-refractivity contribution >= 4 is 0 Å². The average molecular weight is 212 g/mol. The molecule has 1 spiro atoms. The third-order valence-corrected chi connectivity index (χ3v) is 3.68. The molecule has 1 unspecified atom stereocenters. The number of rotatable bonds is 4. The second kappa shape index (κ2) is 4.84. The van der Waals surface area contributed by atoms with E-state index in [9.17, 15) is 0 Å². The van der Waals surface area contributed by atoms with Gasteiger partial charge in [-0.1, -0.05) is 26.7 Å². The number of hydrogen-bond donors (Lipinski definition) is 0. The summed E-state index contributed by atoms with van der Waals surface area (Å²) in [4.78, 5) is 0. The number of ether oxygens (including phenoxy) is 2. The second-order valence-corrected chi connectivity index (χ2v) is 5.05. The molecular formula is C13H24O2. The summed E-state index contributed by atoms with van der Waals surface area (Å²) in [5.41, 5.74) is 0.